The molecule has 12 nitrogen and oxygen atoms in total. The summed E-state index contributed by atoms with van der Waals surface area (Å²) >= 11 is 0. The zero-order chi connectivity index (χ0) is 29.8. The third-order valence-corrected chi connectivity index (χ3v) is 6.29. The van der Waals surface area contributed by atoms with Crippen LogP contribution < -0.4 is 10.6 Å². The van der Waals surface area contributed by atoms with Crippen LogP contribution in [0.15, 0.2) is 12.2 Å². The van der Waals surface area contributed by atoms with Crippen LogP contribution in [0.25, 0.3) is 0 Å². The normalized spacial score (nSPS) is 19.3. The smallest absolute Gasteiger partial charge is 0.332 e. The second-order valence-electron chi connectivity index (χ2n) is 10.9. The van der Waals surface area contributed by atoms with E-state index in [0.717, 1.165) is 26.4 Å². The minimum Gasteiger partial charge on any atom is -0.464 e. The summed E-state index contributed by atoms with van der Waals surface area (Å²) in [5.41, 5.74) is -0.290. The summed E-state index contributed by atoms with van der Waals surface area (Å²) in [7, 11) is 1.12. The maximum Gasteiger partial charge on any atom is 0.332 e. The summed E-state index contributed by atoms with van der Waals surface area (Å²) in [4.78, 5) is 50.3. The van der Waals surface area contributed by atoms with Crippen molar-refractivity contribution in [1.82, 2.24) is 10.6 Å². The summed E-state index contributed by atoms with van der Waals surface area (Å²) < 4.78 is 15.3. The summed E-state index contributed by atoms with van der Waals surface area (Å²) in [5, 5.41) is 35.7. The minimum absolute atomic E-state index is 0.0423. The van der Waals surface area contributed by atoms with Crippen LogP contribution in [-0.2, 0) is 33.4 Å². The number of rotatable bonds is 14. The molecule has 5 N–H and O–H groups in total. The zero-order valence-electron chi connectivity index (χ0n) is 23.8. The van der Waals surface area contributed by atoms with Gasteiger partial charge in [-0.2, -0.15) is 0 Å². The molecule has 0 aliphatic heterocycles. The number of hydrogen-bond acceptors (Lipinski definition) is 10. The molecule has 0 bridgehead atoms. The average Bonchev–Trinajstić information content (AvgIpc) is 2.89. The van der Waals surface area contributed by atoms with E-state index in [-0.39, 0.29) is 17.9 Å². The predicted octanol–water partition coefficient (Wildman–Crippen LogP) is 0.363. The number of allylic oxidation sites excluding steroid dienone is 1. The lowest BCUT2D eigenvalue weighted by molar-refractivity contribution is -0.156. The van der Waals surface area contributed by atoms with Gasteiger partial charge in [0.05, 0.1) is 12.5 Å². The molecule has 0 heterocycles. The van der Waals surface area contributed by atoms with Gasteiger partial charge in [0.15, 0.2) is 12.1 Å². The number of amides is 2. The number of hydrogen-bond donors (Lipinski definition) is 5. The van der Waals surface area contributed by atoms with Gasteiger partial charge in [0, 0.05) is 7.11 Å². The highest BCUT2D eigenvalue weighted by Gasteiger charge is 2.37. The summed E-state index contributed by atoms with van der Waals surface area (Å²) in [6.07, 6.45) is 0.617. The van der Waals surface area contributed by atoms with Gasteiger partial charge in [-0.05, 0) is 32.1 Å². The van der Waals surface area contributed by atoms with Crippen molar-refractivity contribution in [2.45, 2.75) is 103 Å². The van der Waals surface area contributed by atoms with E-state index in [2.05, 4.69) is 10.6 Å². The van der Waals surface area contributed by atoms with Crippen LogP contribution in [0.5, 0.6) is 0 Å². The fourth-order valence-corrected chi connectivity index (χ4v) is 3.97. The Bertz CT molecular complexity index is 835. The van der Waals surface area contributed by atoms with Crippen LogP contribution in [0.2, 0.25) is 0 Å². The zero-order valence-corrected chi connectivity index (χ0v) is 23.8. The van der Waals surface area contributed by atoms with Gasteiger partial charge >= 0.3 is 11.9 Å². The van der Waals surface area contributed by atoms with Crippen LogP contribution in [0.1, 0.15) is 66.7 Å². The molecule has 12 heteroatoms. The number of carbonyl (C=O) groups excluding carboxylic acids is 4. The van der Waals surface area contributed by atoms with E-state index in [1.54, 1.807) is 13.0 Å². The lowest BCUT2D eigenvalue weighted by Gasteiger charge is -2.28. The van der Waals surface area contributed by atoms with Crippen molar-refractivity contribution in [3.05, 3.63) is 12.2 Å². The van der Waals surface area contributed by atoms with Crippen LogP contribution >= 0.6 is 0 Å². The Morgan fingerprint density at radius 2 is 1.56 bits per heavy atom. The first-order chi connectivity index (χ1) is 18.2. The number of esters is 2. The monoisotopic (exact) mass is 558 g/mol. The van der Waals surface area contributed by atoms with Gasteiger partial charge in [0.25, 0.3) is 5.91 Å². The van der Waals surface area contributed by atoms with Gasteiger partial charge in [-0.25, -0.2) is 4.79 Å². The van der Waals surface area contributed by atoms with Crippen molar-refractivity contribution in [2.75, 3.05) is 20.3 Å². The number of aliphatic hydroxyl groups is 3. The molecule has 0 saturated heterocycles. The molecule has 39 heavy (non-hydrogen) atoms. The first kappa shape index (κ1) is 34.5. The highest BCUT2D eigenvalue weighted by atomic mass is 16.6. The number of methoxy groups -OCH3 is 1. The third kappa shape index (κ3) is 12.0. The summed E-state index contributed by atoms with van der Waals surface area (Å²) in [6.45, 7) is 8.18. The number of nitrogens with one attached hydrogen (secondary N) is 2. The Kier molecular flexibility index (Phi) is 14.6. The summed E-state index contributed by atoms with van der Waals surface area (Å²) in [5.74, 6) is -3.20. The number of aliphatic hydroxyl groups excluding tert-OH is 3. The van der Waals surface area contributed by atoms with Gasteiger partial charge in [0.2, 0.25) is 5.91 Å². The highest BCUT2D eigenvalue weighted by Crippen LogP contribution is 2.24. The van der Waals surface area contributed by atoms with E-state index in [0.29, 0.717) is 12.8 Å². The molecule has 1 rings (SSSR count). The van der Waals surface area contributed by atoms with E-state index in [9.17, 15) is 34.5 Å². The Morgan fingerprint density at radius 3 is 2.10 bits per heavy atom. The van der Waals surface area contributed by atoms with E-state index >= 15 is 0 Å². The molecule has 1 unspecified atom stereocenters. The van der Waals surface area contributed by atoms with Gasteiger partial charge in [-0.1, -0.05) is 52.2 Å². The highest BCUT2D eigenvalue weighted by molar-refractivity contribution is 5.91. The van der Waals surface area contributed by atoms with E-state index in [1.807, 2.05) is 20.8 Å². The minimum atomic E-state index is -1.82. The van der Waals surface area contributed by atoms with Gasteiger partial charge < -0.3 is 40.2 Å². The van der Waals surface area contributed by atoms with Gasteiger partial charge in [-0.15, -0.1) is 0 Å². The Labute approximate surface area is 230 Å². The van der Waals surface area contributed by atoms with Crippen molar-refractivity contribution >= 4 is 23.8 Å². The first-order valence-electron chi connectivity index (χ1n) is 13.4. The second-order valence-corrected chi connectivity index (χ2v) is 10.9. The molecule has 2 amide bonds. The van der Waals surface area contributed by atoms with E-state index < -0.39 is 66.9 Å². The molecular formula is C27H46N2O10. The van der Waals surface area contributed by atoms with Gasteiger partial charge in [0.1, 0.15) is 31.0 Å². The topological polar surface area (TPSA) is 181 Å². The second kappa shape index (κ2) is 16.5. The van der Waals surface area contributed by atoms with E-state index in [4.69, 9.17) is 14.2 Å². The number of ether oxygens (including phenoxy) is 3. The molecule has 224 valence electrons. The summed E-state index contributed by atoms with van der Waals surface area (Å²) in [6, 6.07) is -2.50. The molecule has 0 radical (unpaired) electrons. The molecule has 0 aromatic heterocycles. The molecule has 1 saturated carbocycles. The maximum absolute atomic E-state index is 12.8. The molecular weight excluding hydrogens is 512 g/mol. The van der Waals surface area contributed by atoms with Crippen LogP contribution in [0.4, 0.5) is 0 Å². The Balaban J connectivity index is 2.78. The van der Waals surface area contributed by atoms with Crippen LogP contribution in [-0.4, -0.2) is 95.9 Å². The van der Waals surface area contributed by atoms with E-state index in [1.165, 1.54) is 13.0 Å². The van der Waals surface area contributed by atoms with Gasteiger partial charge in [-0.3, -0.25) is 14.4 Å². The van der Waals surface area contributed by atoms with Crippen molar-refractivity contribution in [3.8, 4) is 0 Å². The fraction of sp³-hybridized carbons (Fsp3) is 0.778. The molecule has 0 aromatic carbocycles. The molecule has 6 atom stereocenters. The lowest BCUT2D eigenvalue weighted by atomic mass is 9.89. The van der Waals surface area contributed by atoms with Crippen molar-refractivity contribution in [2.24, 2.45) is 11.3 Å². The molecule has 1 fully saturated rings. The SMILES string of the molecule is CCOC(=O)C(COC(=O)C1CCCCC1)NC(=O)[C@H](C)NC(=O)[C@H](OC)[C@H](O)[C@@H](O)[C@H](O)/C=C/C(C)(C)C. The molecule has 0 aromatic rings. The third-order valence-electron chi connectivity index (χ3n) is 6.29. The number of carbonyl (C=O) groups is 4. The molecule has 1 aliphatic carbocycles. The van der Waals surface area contributed by atoms with Crippen molar-refractivity contribution in [3.63, 3.8) is 0 Å². The first-order valence-corrected chi connectivity index (χ1v) is 13.4. The quantitative estimate of drug-likeness (QED) is 0.148. The molecule has 0 spiro atoms. The fourth-order valence-electron chi connectivity index (χ4n) is 3.97. The lowest BCUT2D eigenvalue weighted by Crippen LogP contribution is -2.57. The standard InChI is InChI=1S/C27H46N2O10/c1-7-38-26(36)18(15-39-25(35)17-11-9-8-10-12-17)29-23(33)16(2)28-24(34)22(37-6)21(32)20(31)19(30)13-14-27(3,4)5/h13-14,16-22,30-32H,7-12,15H2,1-6H3,(H,28,34)(H,29,33)/b14-13+/t16-,18?,19+,20-,21+,22+/m0/s1. The van der Waals surface area contributed by atoms with Crippen LogP contribution in [0, 0.1) is 11.3 Å². The Hall–Kier alpha value is -2.54. The largest absolute Gasteiger partial charge is 0.464 e. The molecule has 1 aliphatic rings. The average molecular weight is 559 g/mol. The maximum atomic E-state index is 12.8. The van der Waals surface area contributed by atoms with Crippen LogP contribution in [0.3, 0.4) is 0 Å². The van der Waals surface area contributed by atoms with Crippen molar-refractivity contribution in [1.29, 1.82) is 0 Å². The predicted molar refractivity (Wildman–Crippen MR) is 141 cm³/mol. The Morgan fingerprint density at radius 1 is 0.949 bits per heavy atom. The van der Waals surface area contributed by atoms with Crippen molar-refractivity contribution < 1.29 is 48.7 Å².